The van der Waals surface area contributed by atoms with Gasteiger partial charge in [-0.1, -0.05) is 148 Å². The van der Waals surface area contributed by atoms with Gasteiger partial charge in [0.05, 0.1) is 0 Å². The third kappa shape index (κ3) is 10.9. The topological polar surface area (TPSA) is 0 Å². The molecule has 2 aliphatic carbocycles. The lowest BCUT2D eigenvalue weighted by Gasteiger charge is -2.35. The number of hydrogen-bond acceptors (Lipinski definition) is 0. The van der Waals surface area contributed by atoms with Crippen molar-refractivity contribution >= 4 is 0 Å². The molecular formula is C27H52. The lowest BCUT2D eigenvalue weighted by atomic mass is 9.71. The first-order valence-corrected chi connectivity index (χ1v) is 13.4. The molecule has 0 saturated heterocycles. The molecule has 2 atom stereocenters. The summed E-state index contributed by atoms with van der Waals surface area (Å²) in [5.74, 6) is 3.25. The smallest absolute Gasteiger partial charge is 0.0383 e. The molecule has 0 heteroatoms. The van der Waals surface area contributed by atoms with E-state index in [0.717, 1.165) is 17.8 Å². The summed E-state index contributed by atoms with van der Waals surface area (Å²) in [6.45, 7) is 2.33. The van der Waals surface area contributed by atoms with E-state index >= 15 is 0 Å². The van der Waals surface area contributed by atoms with Gasteiger partial charge < -0.3 is 0 Å². The molecule has 160 valence electrons. The first kappa shape index (κ1) is 23.3. The average molecular weight is 377 g/mol. The summed E-state index contributed by atoms with van der Waals surface area (Å²) in [4.78, 5) is 0. The van der Waals surface area contributed by atoms with E-state index in [1.54, 1.807) is 44.9 Å². The minimum absolute atomic E-state index is 1.08. The highest BCUT2D eigenvalue weighted by Gasteiger charge is 2.27. The average Bonchev–Trinajstić information content (AvgIpc) is 2.69. The summed E-state index contributed by atoms with van der Waals surface area (Å²) in [7, 11) is 0. The van der Waals surface area contributed by atoms with Crippen LogP contribution in [-0.4, -0.2) is 0 Å². The Hall–Kier alpha value is 0. The molecule has 2 rings (SSSR count). The Bertz CT molecular complexity index is 306. The molecule has 0 nitrogen and oxygen atoms in total. The van der Waals surface area contributed by atoms with E-state index in [4.69, 9.17) is 0 Å². The fourth-order valence-corrected chi connectivity index (χ4v) is 6.08. The maximum atomic E-state index is 2.33. The van der Waals surface area contributed by atoms with Crippen LogP contribution in [0.3, 0.4) is 0 Å². The quantitative estimate of drug-likeness (QED) is 0.388. The van der Waals surface area contributed by atoms with Gasteiger partial charge in [-0.2, -0.15) is 0 Å². The summed E-state index contributed by atoms with van der Waals surface area (Å²) in [5, 5.41) is 0. The van der Waals surface area contributed by atoms with Crippen LogP contribution in [0.15, 0.2) is 0 Å². The van der Waals surface area contributed by atoms with Crippen LogP contribution in [0.4, 0.5) is 0 Å². The molecule has 2 unspecified atom stereocenters. The highest BCUT2D eigenvalue weighted by molar-refractivity contribution is 4.79. The van der Waals surface area contributed by atoms with Gasteiger partial charge >= 0.3 is 0 Å². The zero-order valence-corrected chi connectivity index (χ0v) is 19.0. The van der Waals surface area contributed by atoms with Crippen LogP contribution in [0.25, 0.3) is 0 Å². The zero-order valence-electron chi connectivity index (χ0n) is 19.0. The molecule has 0 N–H and O–H groups in total. The monoisotopic (exact) mass is 376 g/mol. The Morgan fingerprint density at radius 3 is 1.59 bits per heavy atom. The zero-order chi connectivity index (χ0) is 19.0. The normalized spacial score (nSPS) is 27.9. The molecule has 0 heterocycles. The minimum Gasteiger partial charge on any atom is -0.0654 e. The molecule has 0 aliphatic heterocycles. The number of hydrogen-bond donors (Lipinski definition) is 0. The van der Waals surface area contributed by atoms with Crippen molar-refractivity contribution in [3.63, 3.8) is 0 Å². The second-order valence-corrected chi connectivity index (χ2v) is 10.2. The molecule has 0 aromatic heterocycles. The second-order valence-electron chi connectivity index (χ2n) is 10.2. The lowest BCUT2D eigenvalue weighted by Crippen LogP contribution is -2.23. The highest BCUT2D eigenvalue weighted by atomic mass is 14.3. The fourth-order valence-electron chi connectivity index (χ4n) is 6.08. The standard InChI is InChI=1S/C27H52/c1-2-3-4-12-15-19-25-20-18-23-27(24-25)26-21-16-13-10-8-6-5-7-9-11-14-17-22-26/h25-27H,2-24H2,1H3. The Balaban J connectivity index is 1.73. The third-order valence-electron chi connectivity index (χ3n) is 7.86. The van der Waals surface area contributed by atoms with Crippen LogP contribution in [-0.2, 0) is 0 Å². The summed E-state index contributed by atoms with van der Waals surface area (Å²) >= 11 is 0. The first-order chi connectivity index (χ1) is 13.4. The highest BCUT2D eigenvalue weighted by Crippen LogP contribution is 2.40. The van der Waals surface area contributed by atoms with Gasteiger partial charge in [0.2, 0.25) is 0 Å². The molecule has 0 aromatic carbocycles. The van der Waals surface area contributed by atoms with Crippen molar-refractivity contribution in [3.05, 3.63) is 0 Å². The Labute approximate surface area is 172 Å². The van der Waals surface area contributed by atoms with Gasteiger partial charge in [0.25, 0.3) is 0 Å². The van der Waals surface area contributed by atoms with Crippen molar-refractivity contribution in [1.29, 1.82) is 0 Å². The predicted octanol–water partition coefficient (Wildman–Crippen LogP) is 9.85. The maximum Gasteiger partial charge on any atom is -0.0383 e. The van der Waals surface area contributed by atoms with Gasteiger partial charge in [0.15, 0.2) is 0 Å². The Kier molecular flexibility index (Phi) is 13.7. The van der Waals surface area contributed by atoms with Crippen molar-refractivity contribution in [2.45, 2.75) is 155 Å². The molecule has 27 heavy (non-hydrogen) atoms. The Morgan fingerprint density at radius 1 is 0.481 bits per heavy atom. The van der Waals surface area contributed by atoms with Crippen molar-refractivity contribution in [1.82, 2.24) is 0 Å². The van der Waals surface area contributed by atoms with Gasteiger partial charge in [-0.25, -0.2) is 0 Å². The molecule has 2 saturated carbocycles. The van der Waals surface area contributed by atoms with Gasteiger partial charge in [0.1, 0.15) is 0 Å². The van der Waals surface area contributed by atoms with Crippen LogP contribution >= 0.6 is 0 Å². The molecule has 0 spiro atoms. The number of rotatable bonds is 7. The summed E-state index contributed by atoms with van der Waals surface area (Å²) in [6.07, 6.45) is 34.9. The van der Waals surface area contributed by atoms with E-state index in [2.05, 4.69) is 6.92 Å². The molecular weight excluding hydrogens is 324 g/mol. The third-order valence-corrected chi connectivity index (χ3v) is 7.86. The van der Waals surface area contributed by atoms with E-state index in [-0.39, 0.29) is 0 Å². The summed E-state index contributed by atoms with van der Waals surface area (Å²) in [5.41, 5.74) is 0. The molecule has 2 aliphatic rings. The van der Waals surface area contributed by atoms with Crippen LogP contribution in [0, 0.1) is 17.8 Å². The summed E-state index contributed by atoms with van der Waals surface area (Å²) < 4.78 is 0. The maximum absolute atomic E-state index is 2.33. The fraction of sp³-hybridized carbons (Fsp3) is 1.00. The van der Waals surface area contributed by atoms with Gasteiger partial charge in [-0.15, -0.1) is 0 Å². The van der Waals surface area contributed by atoms with Crippen LogP contribution in [0.2, 0.25) is 0 Å². The van der Waals surface area contributed by atoms with Gasteiger partial charge in [-0.3, -0.25) is 0 Å². The lowest BCUT2D eigenvalue weighted by molar-refractivity contribution is 0.165. The van der Waals surface area contributed by atoms with E-state index in [9.17, 15) is 0 Å². The SMILES string of the molecule is CCCCCCCC1CCCC(C2CCCCCCCCCCCCC2)C1. The first-order valence-electron chi connectivity index (χ1n) is 13.4. The van der Waals surface area contributed by atoms with E-state index in [1.165, 1.54) is 103 Å². The molecule has 0 bridgehead atoms. The van der Waals surface area contributed by atoms with E-state index in [0.29, 0.717) is 0 Å². The van der Waals surface area contributed by atoms with Crippen LogP contribution in [0.1, 0.15) is 155 Å². The van der Waals surface area contributed by atoms with E-state index in [1.807, 2.05) is 0 Å². The number of unbranched alkanes of at least 4 members (excludes halogenated alkanes) is 4. The Morgan fingerprint density at radius 2 is 1.00 bits per heavy atom. The van der Waals surface area contributed by atoms with Crippen molar-refractivity contribution in [3.8, 4) is 0 Å². The molecule has 2 fully saturated rings. The largest absolute Gasteiger partial charge is 0.0654 e. The predicted molar refractivity (Wildman–Crippen MR) is 122 cm³/mol. The molecule has 0 amide bonds. The summed E-state index contributed by atoms with van der Waals surface area (Å²) in [6, 6.07) is 0. The van der Waals surface area contributed by atoms with Crippen LogP contribution in [0.5, 0.6) is 0 Å². The molecule has 0 radical (unpaired) electrons. The van der Waals surface area contributed by atoms with Crippen LogP contribution < -0.4 is 0 Å². The van der Waals surface area contributed by atoms with Crippen molar-refractivity contribution in [2.24, 2.45) is 17.8 Å². The van der Waals surface area contributed by atoms with Gasteiger partial charge in [-0.05, 0) is 24.2 Å². The molecule has 0 aromatic rings. The van der Waals surface area contributed by atoms with E-state index < -0.39 is 0 Å². The van der Waals surface area contributed by atoms with Crippen molar-refractivity contribution in [2.75, 3.05) is 0 Å². The van der Waals surface area contributed by atoms with Crippen molar-refractivity contribution < 1.29 is 0 Å². The minimum atomic E-state index is 1.08. The van der Waals surface area contributed by atoms with Gasteiger partial charge in [0, 0.05) is 0 Å². The second kappa shape index (κ2) is 15.9.